The van der Waals surface area contributed by atoms with Crippen molar-refractivity contribution in [1.29, 1.82) is 0 Å². The van der Waals surface area contributed by atoms with Gasteiger partial charge in [-0.25, -0.2) is 4.39 Å². The van der Waals surface area contributed by atoms with Crippen molar-refractivity contribution in [1.82, 2.24) is 9.88 Å². The Morgan fingerprint density at radius 1 is 1.33 bits per heavy atom. The number of aliphatic hydroxyl groups excluding tert-OH is 1. The van der Waals surface area contributed by atoms with E-state index in [4.69, 9.17) is 14.2 Å². The number of hydrogen-bond acceptors (Lipinski definition) is 6. The van der Waals surface area contributed by atoms with E-state index in [1.165, 1.54) is 31.4 Å². The number of halogens is 1. The number of methoxy groups -OCH3 is 2. The summed E-state index contributed by atoms with van der Waals surface area (Å²) in [7, 11) is 3.04. The van der Waals surface area contributed by atoms with Crippen LogP contribution in [0.1, 0.15) is 22.0 Å². The molecule has 0 spiro atoms. The highest BCUT2D eigenvalue weighted by Gasteiger charge is 2.37. The summed E-state index contributed by atoms with van der Waals surface area (Å²) in [5.41, 5.74) is 0.614. The maximum absolute atomic E-state index is 14.1. The van der Waals surface area contributed by atoms with Crippen LogP contribution in [0.4, 0.5) is 4.39 Å². The van der Waals surface area contributed by atoms with Gasteiger partial charge in [-0.3, -0.25) is 9.78 Å². The fourth-order valence-electron chi connectivity index (χ4n) is 3.25. The highest BCUT2D eigenvalue weighted by atomic mass is 19.1. The number of nitrogens with zero attached hydrogens (tertiary/aromatic N) is 2. The topological polar surface area (TPSA) is 81.1 Å². The number of carbonyl (C=O) groups is 1. The van der Waals surface area contributed by atoms with Crippen LogP contribution in [-0.4, -0.2) is 61.0 Å². The third-order valence-electron chi connectivity index (χ3n) is 4.54. The molecule has 1 aromatic heterocycles. The summed E-state index contributed by atoms with van der Waals surface area (Å²) < 4.78 is 30.3. The van der Waals surface area contributed by atoms with Gasteiger partial charge < -0.3 is 24.2 Å². The Kier molecular flexibility index (Phi) is 5.88. The normalized spacial score (nSPS) is 19.6. The maximum atomic E-state index is 14.1. The number of pyridine rings is 1. The summed E-state index contributed by atoms with van der Waals surface area (Å²) in [6.07, 6.45) is 1.72. The van der Waals surface area contributed by atoms with E-state index in [-0.39, 0.29) is 25.3 Å². The quantitative estimate of drug-likeness (QED) is 0.857. The molecule has 1 aliphatic rings. The predicted molar refractivity (Wildman–Crippen MR) is 94.3 cm³/mol. The first-order chi connectivity index (χ1) is 13.1. The van der Waals surface area contributed by atoms with Crippen LogP contribution in [0.3, 0.4) is 0 Å². The molecule has 0 unspecified atom stereocenters. The van der Waals surface area contributed by atoms with Gasteiger partial charge in [0.2, 0.25) is 0 Å². The van der Waals surface area contributed by atoms with Gasteiger partial charge in [0.05, 0.1) is 45.2 Å². The van der Waals surface area contributed by atoms with Crippen LogP contribution in [0.5, 0.6) is 11.5 Å². The number of amides is 1. The molecule has 27 heavy (non-hydrogen) atoms. The third-order valence-corrected chi connectivity index (χ3v) is 4.54. The lowest BCUT2D eigenvalue weighted by Gasteiger charge is -2.41. The average Bonchev–Trinajstić information content (AvgIpc) is 2.72. The van der Waals surface area contributed by atoms with Crippen molar-refractivity contribution in [3.8, 4) is 11.5 Å². The Morgan fingerprint density at radius 3 is 2.78 bits per heavy atom. The van der Waals surface area contributed by atoms with Crippen molar-refractivity contribution < 1.29 is 28.5 Å². The Labute approximate surface area is 156 Å². The molecule has 144 valence electrons. The zero-order valence-corrected chi connectivity index (χ0v) is 15.1. The highest BCUT2D eigenvalue weighted by molar-refractivity contribution is 5.94. The van der Waals surface area contributed by atoms with Gasteiger partial charge in [0.1, 0.15) is 6.10 Å². The van der Waals surface area contributed by atoms with Gasteiger partial charge >= 0.3 is 0 Å². The second-order valence-corrected chi connectivity index (χ2v) is 6.01. The fourth-order valence-corrected chi connectivity index (χ4v) is 3.25. The summed E-state index contributed by atoms with van der Waals surface area (Å²) in [4.78, 5) is 18.2. The highest BCUT2D eigenvalue weighted by Crippen LogP contribution is 2.36. The van der Waals surface area contributed by atoms with E-state index in [9.17, 15) is 14.3 Å². The van der Waals surface area contributed by atoms with Gasteiger partial charge in [0.15, 0.2) is 17.3 Å². The van der Waals surface area contributed by atoms with Crippen molar-refractivity contribution in [2.45, 2.75) is 12.1 Å². The number of aliphatic hydroxyl groups is 1. The third kappa shape index (κ3) is 3.72. The number of carbonyl (C=O) groups excluding carboxylic acids is 1. The Hall–Kier alpha value is -2.71. The van der Waals surface area contributed by atoms with Crippen LogP contribution in [0.2, 0.25) is 0 Å². The van der Waals surface area contributed by atoms with Gasteiger partial charge in [-0.1, -0.05) is 6.07 Å². The van der Waals surface area contributed by atoms with Gasteiger partial charge in [-0.15, -0.1) is 0 Å². The lowest BCUT2D eigenvalue weighted by atomic mass is 9.97. The van der Waals surface area contributed by atoms with Crippen LogP contribution in [0, 0.1) is 5.82 Å². The Balaban J connectivity index is 2.02. The molecule has 0 aliphatic carbocycles. The molecular formula is C19H21FN2O5. The van der Waals surface area contributed by atoms with Crippen molar-refractivity contribution in [2.75, 3.05) is 34.0 Å². The summed E-state index contributed by atoms with van der Waals surface area (Å²) in [5.74, 6) is -0.159. The number of aromatic nitrogens is 1. The molecule has 8 heteroatoms. The molecule has 1 N–H and O–H groups in total. The second kappa shape index (κ2) is 8.32. The molecule has 1 amide bonds. The molecule has 1 saturated heterocycles. The molecule has 2 atom stereocenters. The molecule has 2 heterocycles. The molecule has 7 nitrogen and oxygen atoms in total. The minimum absolute atomic E-state index is 0.0749. The lowest BCUT2D eigenvalue weighted by Crippen LogP contribution is -2.49. The lowest BCUT2D eigenvalue weighted by molar-refractivity contribution is -0.0812. The molecule has 2 aromatic rings. The van der Waals surface area contributed by atoms with Crippen LogP contribution in [-0.2, 0) is 4.74 Å². The number of benzene rings is 1. The number of ether oxygens (including phenoxy) is 3. The zero-order chi connectivity index (χ0) is 19.4. The average molecular weight is 376 g/mol. The molecule has 1 fully saturated rings. The monoisotopic (exact) mass is 376 g/mol. The summed E-state index contributed by atoms with van der Waals surface area (Å²) in [6, 6.07) is 5.94. The van der Waals surface area contributed by atoms with E-state index in [0.717, 1.165) is 6.20 Å². The summed E-state index contributed by atoms with van der Waals surface area (Å²) in [5, 5.41) is 9.77. The SMILES string of the molecule is COc1ccc([C@H]2[C@H](CO)OCCN2C(=O)c2ccncc2F)cc1OC. The molecule has 1 aromatic carbocycles. The first kappa shape index (κ1) is 19.1. The summed E-state index contributed by atoms with van der Waals surface area (Å²) >= 11 is 0. The van der Waals surface area contributed by atoms with Crippen molar-refractivity contribution in [3.63, 3.8) is 0 Å². The number of rotatable bonds is 5. The van der Waals surface area contributed by atoms with Crippen LogP contribution in [0.15, 0.2) is 36.7 Å². The Morgan fingerprint density at radius 2 is 2.11 bits per heavy atom. The molecule has 0 bridgehead atoms. The minimum Gasteiger partial charge on any atom is -0.493 e. The van der Waals surface area contributed by atoms with E-state index in [0.29, 0.717) is 17.1 Å². The molecule has 0 radical (unpaired) electrons. The van der Waals surface area contributed by atoms with Crippen LogP contribution >= 0.6 is 0 Å². The van der Waals surface area contributed by atoms with Crippen LogP contribution < -0.4 is 9.47 Å². The molecular weight excluding hydrogens is 355 g/mol. The van der Waals surface area contributed by atoms with E-state index < -0.39 is 23.9 Å². The van der Waals surface area contributed by atoms with Gasteiger partial charge in [-0.05, 0) is 23.8 Å². The van der Waals surface area contributed by atoms with Crippen molar-refractivity contribution in [2.24, 2.45) is 0 Å². The zero-order valence-electron chi connectivity index (χ0n) is 15.1. The van der Waals surface area contributed by atoms with Crippen LogP contribution in [0.25, 0.3) is 0 Å². The second-order valence-electron chi connectivity index (χ2n) is 6.01. The molecule has 1 aliphatic heterocycles. The number of hydrogen-bond donors (Lipinski definition) is 1. The fraction of sp³-hybridized carbons (Fsp3) is 0.368. The summed E-state index contributed by atoms with van der Waals surface area (Å²) in [6.45, 7) is 0.213. The smallest absolute Gasteiger partial charge is 0.257 e. The molecule has 0 saturated carbocycles. The van der Waals surface area contributed by atoms with E-state index in [1.807, 2.05) is 0 Å². The van der Waals surface area contributed by atoms with E-state index >= 15 is 0 Å². The first-order valence-electron chi connectivity index (χ1n) is 8.45. The van der Waals surface area contributed by atoms with Gasteiger partial charge in [0.25, 0.3) is 5.91 Å². The van der Waals surface area contributed by atoms with E-state index in [1.54, 1.807) is 18.2 Å². The maximum Gasteiger partial charge on any atom is 0.257 e. The Bertz CT molecular complexity index is 816. The van der Waals surface area contributed by atoms with Crippen molar-refractivity contribution in [3.05, 3.63) is 53.6 Å². The van der Waals surface area contributed by atoms with Gasteiger partial charge in [0, 0.05) is 12.7 Å². The molecule has 3 rings (SSSR count). The van der Waals surface area contributed by atoms with Gasteiger partial charge in [-0.2, -0.15) is 0 Å². The minimum atomic E-state index is -0.694. The largest absolute Gasteiger partial charge is 0.493 e. The standard InChI is InChI=1S/C19H21FN2O5/c1-25-15-4-3-12(9-16(15)26-2)18-17(11-23)27-8-7-22(18)19(24)13-5-6-21-10-14(13)20/h3-6,9-10,17-18,23H,7-8,11H2,1-2H3/t17-,18-/m0/s1. The predicted octanol–water partition coefficient (Wildman–Crippen LogP) is 1.81. The number of morpholine rings is 1. The van der Waals surface area contributed by atoms with Crippen molar-refractivity contribution >= 4 is 5.91 Å². The first-order valence-corrected chi connectivity index (χ1v) is 8.45. The van der Waals surface area contributed by atoms with E-state index in [2.05, 4.69) is 4.98 Å².